The van der Waals surface area contributed by atoms with Crippen LogP contribution in [-0.4, -0.2) is 9.97 Å². The number of anilines is 1. The van der Waals surface area contributed by atoms with E-state index in [-0.39, 0.29) is 6.04 Å². The Morgan fingerprint density at radius 2 is 1.81 bits per heavy atom. The van der Waals surface area contributed by atoms with Gasteiger partial charge in [-0.3, -0.25) is 9.59 Å². The lowest BCUT2D eigenvalue weighted by atomic mass is 10.2. The monoisotopic (exact) mass is 321 g/mol. The number of hydrogen-bond acceptors (Lipinski definition) is 4. The molecular weight excluding hydrogens is 310 g/mol. The van der Waals surface area contributed by atoms with E-state index in [1.807, 2.05) is 25.1 Å². The zero-order valence-corrected chi connectivity index (χ0v) is 12.6. The third-order valence-electron chi connectivity index (χ3n) is 3.13. The van der Waals surface area contributed by atoms with Gasteiger partial charge in [0.1, 0.15) is 0 Å². The maximum atomic E-state index is 11.4. The van der Waals surface area contributed by atoms with Crippen LogP contribution >= 0.6 is 22.9 Å². The van der Waals surface area contributed by atoms with Gasteiger partial charge in [-0.15, -0.1) is 11.3 Å². The second-order valence-electron chi connectivity index (χ2n) is 4.68. The second kappa shape index (κ2) is 5.38. The Morgan fingerprint density at radius 1 is 1.10 bits per heavy atom. The van der Waals surface area contributed by atoms with Gasteiger partial charge in [-0.25, -0.2) is 0 Å². The number of fused-ring (bicyclic) bond motifs is 1. The molecule has 1 atom stereocenters. The molecule has 7 heteroatoms. The molecule has 5 nitrogen and oxygen atoms in total. The molecule has 0 fully saturated rings. The number of benzene rings is 1. The number of hydrogen-bond donors (Lipinski definition) is 3. The van der Waals surface area contributed by atoms with Crippen molar-refractivity contribution in [3.05, 3.63) is 60.3 Å². The van der Waals surface area contributed by atoms with E-state index in [0.717, 1.165) is 14.9 Å². The third kappa shape index (κ3) is 2.86. The van der Waals surface area contributed by atoms with Gasteiger partial charge in [-0.05, 0) is 37.3 Å². The van der Waals surface area contributed by atoms with Gasteiger partial charge in [0.05, 0.1) is 21.4 Å². The van der Waals surface area contributed by atoms with Crippen molar-refractivity contribution in [3.8, 4) is 0 Å². The minimum absolute atomic E-state index is 0.0921. The first-order valence-electron chi connectivity index (χ1n) is 6.31. The van der Waals surface area contributed by atoms with Crippen molar-refractivity contribution in [3.63, 3.8) is 0 Å². The molecule has 21 heavy (non-hydrogen) atoms. The van der Waals surface area contributed by atoms with E-state index < -0.39 is 11.1 Å². The molecule has 0 amide bonds. The predicted octanol–water partition coefficient (Wildman–Crippen LogP) is 3.10. The van der Waals surface area contributed by atoms with Crippen LogP contribution in [0.4, 0.5) is 5.69 Å². The molecule has 0 aliphatic heterocycles. The van der Waals surface area contributed by atoms with Crippen LogP contribution in [0.1, 0.15) is 17.8 Å². The van der Waals surface area contributed by atoms with Gasteiger partial charge >= 0.3 is 11.1 Å². The average molecular weight is 322 g/mol. The Hall–Kier alpha value is -2.05. The second-order valence-corrected chi connectivity index (χ2v) is 6.42. The van der Waals surface area contributed by atoms with Crippen molar-refractivity contribution >= 4 is 39.7 Å². The Balaban J connectivity index is 1.92. The van der Waals surface area contributed by atoms with E-state index in [4.69, 9.17) is 11.6 Å². The van der Waals surface area contributed by atoms with Gasteiger partial charge in [0, 0.05) is 10.6 Å². The normalized spacial score (nSPS) is 12.5. The minimum Gasteiger partial charge on any atom is -0.378 e. The number of halogens is 1. The first kappa shape index (κ1) is 13.9. The first-order chi connectivity index (χ1) is 10.0. The van der Waals surface area contributed by atoms with Gasteiger partial charge in [0.25, 0.3) is 0 Å². The van der Waals surface area contributed by atoms with Gasteiger partial charge in [0.2, 0.25) is 0 Å². The highest BCUT2D eigenvalue weighted by Crippen LogP contribution is 2.29. The zero-order valence-electron chi connectivity index (χ0n) is 11.1. The lowest BCUT2D eigenvalue weighted by Gasteiger charge is -2.14. The molecule has 3 N–H and O–H groups in total. The van der Waals surface area contributed by atoms with Crippen LogP contribution < -0.4 is 16.4 Å². The van der Waals surface area contributed by atoms with Crippen molar-refractivity contribution in [1.29, 1.82) is 0 Å². The van der Waals surface area contributed by atoms with Crippen molar-refractivity contribution < 1.29 is 0 Å². The molecule has 0 saturated heterocycles. The quantitative estimate of drug-likeness (QED) is 0.649. The summed E-state index contributed by atoms with van der Waals surface area (Å²) in [5.74, 6) is 0. The maximum Gasteiger partial charge on any atom is 0.314 e. The van der Waals surface area contributed by atoms with Crippen molar-refractivity contribution in [1.82, 2.24) is 9.97 Å². The molecule has 0 spiro atoms. The van der Waals surface area contributed by atoms with Gasteiger partial charge in [-0.1, -0.05) is 11.6 Å². The summed E-state index contributed by atoms with van der Waals surface area (Å²) in [4.78, 5) is 28.8. The Bertz CT molecular complexity index is 912. The Labute approximate surface area is 128 Å². The van der Waals surface area contributed by atoms with E-state index in [1.54, 1.807) is 12.1 Å². The van der Waals surface area contributed by atoms with E-state index in [2.05, 4.69) is 15.3 Å². The van der Waals surface area contributed by atoms with E-state index >= 15 is 0 Å². The molecule has 0 aliphatic rings. The summed E-state index contributed by atoms with van der Waals surface area (Å²) < 4.78 is 0.749. The molecule has 0 bridgehead atoms. The molecule has 0 aliphatic carbocycles. The van der Waals surface area contributed by atoms with Crippen LogP contribution in [0.2, 0.25) is 4.34 Å². The average Bonchev–Trinajstić information content (AvgIpc) is 2.87. The summed E-state index contributed by atoms with van der Waals surface area (Å²) in [6.07, 6.45) is 0. The summed E-state index contributed by atoms with van der Waals surface area (Å²) in [5, 5.41) is 3.34. The molecular formula is C14H12ClN3O2S. The molecule has 2 heterocycles. The number of nitrogens with one attached hydrogen (secondary N) is 3. The fourth-order valence-corrected chi connectivity index (χ4v) is 3.15. The van der Waals surface area contributed by atoms with E-state index in [1.165, 1.54) is 11.3 Å². The molecule has 1 aromatic carbocycles. The van der Waals surface area contributed by atoms with Crippen LogP contribution in [0.3, 0.4) is 0 Å². The fourth-order valence-electron chi connectivity index (χ4n) is 2.09. The maximum absolute atomic E-state index is 11.4. The summed E-state index contributed by atoms with van der Waals surface area (Å²) in [6.45, 7) is 2.03. The summed E-state index contributed by atoms with van der Waals surface area (Å²) >= 11 is 7.46. The largest absolute Gasteiger partial charge is 0.378 e. The first-order valence-corrected chi connectivity index (χ1v) is 7.50. The number of thiophene rings is 1. The SMILES string of the molecule is CC(Nc1ccc2[nH]c(=O)c(=O)[nH]c2c1)c1ccc(Cl)s1. The van der Waals surface area contributed by atoms with E-state index in [0.29, 0.717) is 11.0 Å². The van der Waals surface area contributed by atoms with Gasteiger partial charge in [0.15, 0.2) is 0 Å². The standard InChI is InChI=1S/C14H12ClN3O2S/c1-7(11-4-5-12(15)21-11)16-8-2-3-9-10(6-8)18-14(20)13(19)17-9/h2-7,16H,1H3,(H,17,19)(H,18,20). The topological polar surface area (TPSA) is 77.8 Å². The zero-order chi connectivity index (χ0) is 15.0. The number of aromatic nitrogens is 2. The Morgan fingerprint density at radius 3 is 2.48 bits per heavy atom. The lowest BCUT2D eigenvalue weighted by Crippen LogP contribution is -2.28. The molecule has 1 unspecified atom stereocenters. The third-order valence-corrected chi connectivity index (χ3v) is 4.54. The smallest absolute Gasteiger partial charge is 0.314 e. The van der Waals surface area contributed by atoms with Crippen LogP contribution in [0, 0.1) is 0 Å². The highest BCUT2D eigenvalue weighted by molar-refractivity contribution is 7.16. The molecule has 0 radical (unpaired) electrons. The van der Waals surface area contributed by atoms with Gasteiger partial charge < -0.3 is 15.3 Å². The molecule has 0 saturated carbocycles. The van der Waals surface area contributed by atoms with Gasteiger partial charge in [-0.2, -0.15) is 0 Å². The number of H-pyrrole nitrogens is 2. The van der Waals surface area contributed by atoms with Crippen LogP contribution in [0.25, 0.3) is 11.0 Å². The summed E-state index contributed by atoms with van der Waals surface area (Å²) in [5.41, 5.74) is 0.725. The highest BCUT2D eigenvalue weighted by atomic mass is 35.5. The number of rotatable bonds is 3. The van der Waals surface area contributed by atoms with Crippen LogP contribution in [-0.2, 0) is 0 Å². The van der Waals surface area contributed by atoms with Crippen molar-refractivity contribution in [2.24, 2.45) is 0 Å². The van der Waals surface area contributed by atoms with Crippen molar-refractivity contribution in [2.75, 3.05) is 5.32 Å². The molecule has 108 valence electrons. The molecule has 3 rings (SSSR count). The van der Waals surface area contributed by atoms with Crippen molar-refractivity contribution in [2.45, 2.75) is 13.0 Å². The van der Waals surface area contributed by atoms with E-state index in [9.17, 15) is 9.59 Å². The summed E-state index contributed by atoms with van der Waals surface area (Å²) in [6, 6.07) is 9.33. The summed E-state index contributed by atoms with van der Waals surface area (Å²) in [7, 11) is 0. The molecule has 2 aromatic heterocycles. The highest BCUT2D eigenvalue weighted by Gasteiger charge is 2.09. The Kier molecular flexibility index (Phi) is 3.57. The fraction of sp³-hybridized carbons (Fsp3) is 0.143. The lowest BCUT2D eigenvalue weighted by molar-refractivity contribution is 0.908. The molecule has 3 aromatic rings. The minimum atomic E-state index is -0.655. The number of aromatic amines is 2. The van der Waals surface area contributed by atoms with Crippen LogP contribution in [0.5, 0.6) is 0 Å². The predicted molar refractivity (Wildman–Crippen MR) is 86.6 cm³/mol. The van der Waals surface area contributed by atoms with Crippen LogP contribution in [0.15, 0.2) is 39.9 Å².